The molecule has 0 amide bonds. The molecule has 22 heavy (non-hydrogen) atoms. The van der Waals surface area contributed by atoms with Crippen LogP contribution in [0.25, 0.3) is 0 Å². The van der Waals surface area contributed by atoms with Gasteiger partial charge in [0.1, 0.15) is 0 Å². The molecule has 1 nitrogen and oxygen atoms in total. The number of nitrogens with zero attached hydrogens (tertiary/aromatic N) is 1. The van der Waals surface area contributed by atoms with Crippen LogP contribution in [0.1, 0.15) is 26.3 Å². The van der Waals surface area contributed by atoms with Gasteiger partial charge in [0, 0.05) is 16.5 Å². The third-order valence-corrected chi connectivity index (χ3v) is 4.56. The lowest BCUT2D eigenvalue weighted by Crippen LogP contribution is -2.15. The second kappa shape index (κ2) is 6.25. The first kappa shape index (κ1) is 15.3. The quantitative estimate of drug-likeness (QED) is 0.694. The minimum Gasteiger partial charge on any atom is -0.257 e. The second-order valence-electron chi connectivity index (χ2n) is 6.27. The van der Waals surface area contributed by atoms with Crippen LogP contribution in [0.4, 0.5) is 3.89 Å². The van der Waals surface area contributed by atoms with Crippen molar-refractivity contribution in [1.29, 1.82) is 0 Å². The molecule has 1 unspecified atom stereocenters. The number of allylic oxidation sites excluding steroid dienone is 6. The minimum atomic E-state index is 0.291. The summed E-state index contributed by atoms with van der Waals surface area (Å²) in [5.74, 6) is 0.755. The van der Waals surface area contributed by atoms with Crippen LogP contribution in [0.15, 0.2) is 69.2 Å². The number of fused-ring (bicyclic) bond motifs is 1. The average molecular weight is 313 g/mol. The Labute approximate surface area is 136 Å². The summed E-state index contributed by atoms with van der Waals surface area (Å²) in [5.41, 5.74) is 6.18. The van der Waals surface area contributed by atoms with Gasteiger partial charge in [-0.2, -0.15) is 3.89 Å². The topological polar surface area (TPSA) is 12.4 Å². The lowest BCUT2D eigenvalue weighted by atomic mass is 9.84. The van der Waals surface area contributed by atoms with Crippen LogP contribution in [0.5, 0.6) is 0 Å². The summed E-state index contributed by atoms with van der Waals surface area (Å²) in [4.78, 5) is 5.44. The smallest absolute Gasteiger partial charge is 0.0812 e. The first-order chi connectivity index (χ1) is 10.6. The Morgan fingerprint density at radius 1 is 1.18 bits per heavy atom. The molecule has 0 saturated heterocycles. The van der Waals surface area contributed by atoms with Gasteiger partial charge in [-0.1, -0.05) is 37.6 Å². The number of halogens is 1. The molecule has 0 saturated carbocycles. The van der Waals surface area contributed by atoms with Crippen molar-refractivity contribution < 1.29 is 3.89 Å². The van der Waals surface area contributed by atoms with E-state index in [2.05, 4.69) is 39.0 Å². The summed E-state index contributed by atoms with van der Waals surface area (Å²) in [7, 11) is 0. The zero-order valence-corrected chi connectivity index (χ0v) is 14.0. The fourth-order valence-electron chi connectivity index (χ4n) is 2.97. The zero-order valence-electron chi connectivity index (χ0n) is 13.1. The van der Waals surface area contributed by atoms with E-state index in [1.165, 1.54) is 22.4 Å². The fraction of sp³-hybridized carbons (Fsp3) is 0.316. The standard InChI is InChI=1S/C19H20FNS/c1-12(2)18-11-17-15(8-13(3)9-19(17)21-18)10-14-4-6-16(22-20)7-5-14/h4-9,11-12,17H,10H2,1-3H3. The zero-order chi connectivity index (χ0) is 15.7. The van der Waals surface area contributed by atoms with Gasteiger partial charge >= 0.3 is 0 Å². The molecular formula is C19H20FNS. The summed E-state index contributed by atoms with van der Waals surface area (Å²) < 4.78 is 12.5. The van der Waals surface area contributed by atoms with Gasteiger partial charge in [0.2, 0.25) is 0 Å². The van der Waals surface area contributed by atoms with Crippen LogP contribution in [0.2, 0.25) is 0 Å². The third kappa shape index (κ3) is 3.09. The molecule has 1 atom stereocenters. The molecule has 3 heteroatoms. The molecule has 2 aliphatic rings. The molecule has 0 radical (unpaired) electrons. The van der Waals surface area contributed by atoms with Crippen molar-refractivity contribution in [2.75, 3.05) is 0 Å². The van der Waals surface area contributed by atoms with Gasteiger partial charge in [-0.3, -0.25) is 4.99 Å². The van der Waals surface area contributed by atoms with E-state index >= 15 is 0 Å². The van der Waals surface area contributed by atoms with Crippen molar-refractivity contribution in [1.82, 2.24) is 0 Å². The van der Waals surface area contributed by atoms with Crippen molar-refractivity contribution in [3.05, 3.63) is 64.9 Å². The first-order valence-electron chi connectivity index (χ1n) is 7.63. The second-order valence-corrected chi connectivity index (χ2v) is 6.89. The predicted octanol–water partition coefficient (Wildman–Crippen LogP) is 5.70. The molecule has 0 aromatic heterocycles. The van der Waals surface area contributed by atoms with E-state index in [0.29, 0.717) is 28.9 Å². The fourth-order valence-corrected chi connectivity index (χ4v) is 3.20. The van der Waals surface area contributed by atoms with E-state index in [9.17, 15) is 3.89 Å². The maximum atomic E-state index is 12.5. The van der Waals surface area contributed by atoms with Gasteiger partial charge in [0.25, 0.3) is 0 Å². The van der Waals surface area contributed by atoms with Crippen molar-refractivity contribution in [2.24, 2.45) is 16.8 Å². The van der Waals surface area contributed by atoms with E-state index in [4.69, 9.17) is 4.99 Å². The largest absolute Gasteiger partial charge is 0.257 e. The molecule has 1 heterocycles. The number of hydrogen-bond acceptors (Lipinski definition) is 2. The SMILES string of the molecule is CC1=CC2=NC(C(C)C)=CC2C(Cc2ccc(SF)cc2)=C1. The monoisotopic (exact) mass is 313 g/mol. The highest BCUT2D eigenvalue weighted by molar-refractivity contribution is 7.94. The van der Waals surface area contributed by atoms with Crippen molar-refractivity contribution in [3.63, 3.8) is 0 Å². The van der Waals surface area contributed by atoms with E-state index in [1.807, 2.05) is 24.3 Å². The van der Waals surface area contributed by atoms with E-state index in [-0.39, 0.29) is 0 Å². The molecule has 1 aliphatic carbocycles. The summed E-state index contributed by atoms with van der Waals surface area (Å²) in [5, 5.41) is 0. The Hall–Kier alpha value is -1.61. The van der Waals surface area contributed by atoms with Crippen LogP contribution in [-0.2, 0) is 6.42 Å². The maximum Gasteiger partial charge on any atom is 0.0812 e. The molecule has 1 aromatic carbocycles. The van der Waals surface area contributed by atoms with Gasteiger partial charge in [0.05, 0.1) is 17.9 Å². The van der Waals surface area contributed by atoms with Crippen molar-refractivity contribution in [2.45, 2.75) is 32.1 Å². The summed E-state index contributed by atoms with van der Waals surface area (Å²) in [6.07, 6.45) is 7.62. The Kier molecular flexibility index (Phi) is 4.34. The van der Waals surface area contributed by atoms with Crippen LogP contribution < -0.4 is 0 Å². The highest BCUT2D eigenvalue weighted by Gasteiger charge is 2.26. The highest BCUT2D eigenvalue weighted by Crippen LogP contribution is 2.34. The van der Waals surface area contributed by atoms with Gasteiger partial charge in [-0.15, -0.1) is 0 Å². The van der Waals surface area contributed by atoms with Gasteiger partial charge < -0.3 is 0 Å². The summed E-state index contributed by atoms with van der Waals surface area (Å²) in [6.45, 7) is 6.48. The normalized spacial score (nSPS) is 20.3. The molecule has 114 valence electrons. The Morgan fingerprint density at radius 2 is 1.91 bits per heavy atom. The Bertz CT molecular complexity index is 693. The molecule has 1 aromatic rings. The van der Waals surface area contributed by atoms with Crippen LogP contribution in [0, 0.1) is 11.8 Å². The Balaban J connectivity index is 1.86. The minimum absolute atomic E-state index is 0.291. The lowest BCUT2D eigenvalue weighted by Gasteiger charge is -2.19. The van der Waals surface area contributed by atoms with E-state index < -0.39 is 0 Å². The molecule has 0 N–H and O–H groups in total. The predicted molar refractivity (Wildman–Crippen MR) is 92.8 cm³/mol. The average Bonchev–Trinajstić information content (AvgIpc) is 2.92. The van der Waals surface area contributed by atoms with Crippen LogP contribution in [-0.4, -0.2) is 5.71 Å². The van der Waals surface area contributed by atoms with E-state index in [0.717, 1.165) is 12.1 Å². The Morgan fingerprint density at radius 3 is 2.55 bits per heavy atom. The molecule has 0 bridgehead atoms. The number of benzene rings is 1. The number of rotatable bonds is 4. The van der Waals surface area contributed by atoms with Crippen LogP contribution in [0.3, 0.4) is 0 Å². The maximum absolute atomic E-state index is 12.5. The van der Waals surface area contributed by atoms with E-state index in [1.54, 1.807) is 0 Å². The lowest BCUT2D eigenvalue weighted by molar-refractivity contribution is 0.758. The molecule has 0 fully saturated rings. The highest BCUT2D eigenvalue weighted by atomic mass is 32.2. The van der Waals surface area contributed by atoms with Crippen molar-refractivity contribution >= 4 is 17.9 Å². The number of aliphatic imine (C=N–C) groups is 1. The number of hydrogen-bond donors (Lipinski definition) is 0. The molecule has 3 rings (SSSR count). The molecule has 1 aliphatic heterocycles. The summed E-state index contributed by atoms with van der Waals surface area (Å²) >= 11 is 0.291. The molecule has 0 spiro atoms. The van der Waals surface area contributed by atoms with Gasteiger partial charge in [0.15, 0.2) is 0 Å². The van der Waals surface area contributed by atoms with Crippen LogP contribution >= 0.6 is 12.1 Å². The third-order valence-electron chi connectivity index (χ3n) is 4.11. The van der Waals surface area contributed by atoms with Gasteiger partial charge in [-0.25, -0.2) is 0 Å². The van der Waals surface area contributed by atoms with Crippen molar-refractivity contribution in [3.8, 4) is 0 Å². The summed E-state index contributed by atoms with van der Waals surface area (Å²) in [6, 6.07) is 7.70. The van der Waals surface area contributed by atoms with Gasteiger partial charge in [-0.05, 0) is 54.7 Å². The first-order valence-corrected chi connectivity index (χ1v) is 8.35. The molecular weight excluding hydrogens is 293 g/mol.